The molecule has 0 saturated carbocycles. The molecule has 1 unspecified atom stereocenters. The van der Waals surface area contributed by atoms with E-state index in [2.05, 4.69) is 11.9 Å². The largest absolute Gasteiger partial charge is 0.481 e. The molecule has 82 valence electrons. The number of carboxylic acids is 1. The standard InChI is InChI=1S/C10H19NO3/c1-11-6-3-2-4-9(8-11)14-7-5-10(12)13/h9H,2-8H2,1H3,(H,12,13). The predicted octanol–water partition coefficient (Wildman–Crippen LogP) is 0.962. The average Bonchev–Trinajstić information content (AvgIpc) is 2.29. The second kappa shape index (κ2) is 5.98. The van der Waals surface area contributed by atoms with Crippen LogP contribution in [0.15, 0.2) is 0 Å². The topological polar surface area (TPSA) is 49.8 Å². The van der Waals surface area contributed by atoms with Crippen molar-refractivity contribution in [3.63, 3.8) is 0 Å². The van der Waals surface area contributed by atoms with Crippen LogP contribution in [-0.2, 0) is 9.53 Å². The molecule has 0 aromatic carbocycles. The first-order valence-corrected chi connectivity index (χ1v) is 5.20. The van der Waals surface area contributed by atoms with Crippen LogP contribution in [0, 0.1) is 0 Å². The summed E-state index contributed by atoms with van der Waals surface area (Å²) in [5.74, 6) is -0.785. The minimum atomic E-state index is -0.785. The van der Waals surface area contributed by atoms with E-state index >= 15 is 0 Å². The fourth-order valence-corrected chi connectivity index (χ4v) is 1.73. The predicted molar refractivity (Wildman–Crippen MR) is 53.3 cm³/mol. The molecular weight excluding hydrogens is 182 g/mol. The monoisotopic (exact) mass is 201 g/mol. The van der Waals surface area contributed by atoms with Crippen LogP contribution in [0.25, 0.3) is 0 Å². The maximum absolute atomic E-state index is 10.3. The van der Waals surface area contributed by atoms with Gasteiger partial charge in [-0.2, -0.15) is 0 Å². The average molecular weight is 201 g/mol. The van der Waals surface area contributed by atoms with Gasteiger partial charge < -0.3 is 14.7 Å². The van der Waals surface area contributed by atoms with Gasteiger partial charge in [0.2, 0.25) is 0 Å². The van der Waals surface area contributed by atoms with E-state index in [9.17, 15) is 4.79 Å². The summed E-state index contributed by atoms with van der Waals surface area (Å²) in [6, 6.07) is 0. The molecule has 1 atom stereocenters. The summed E-state index contributed by atoms with van der Waals surface area (Å²) in [6.45, 7) is 2.40. The number of hydrogen-bond acceptors (Lipinski definition) is 3. The van der Waals surface area contributed by atoms with E-state index in [0.29, 0.717) is 6.61 Å². The molecule has 1 aliphatic heterocycles. The van der Waals surface area contributed by atoms with Crippen molar-refractivity contribution in [2.24, 2.45) is 0 Å². The lowest BCUT2D eigenvalue weighted by Crippen LogP contribution is -2.29. The molecule has 1 saturated heterocycles. The molecule has 1 heterocycles. The van der Waals surface area contributed by atoms with Crippen LogP contribution in [0.1, 0.15) is 25.7 Å². The van der Waals surface area contributed by atoms with Crippen LogP contribution >= 0.6 is 0 Å². The summed E-state index contributed by atoms with van der Waals surface area (Å²) >= 11 is 0. The highest BCUT2D eigenvalue weighted by Crippen LogP contribution is 2.12. The Bertz CT molecular complexity index is 184. The van der Waals surface area contributed by atoms with E-state index in [0.717, 1.165) is 19.5 Å². The molecule has 4 nitrogen and oxygen atoms in total. The Labute approximate surface area is 84.8 Å². The number of carboxylic acid groups (broad SMARTS) is 1. The van der Waals surface area contributed by atoms with Gasteiger partial charge in [-0.05, 0) is 32.9 Å². The van der Waals surface area contributed by atoms with E-state index in [-0.39, 0.29) is 12.5 Å². The summed E-state index contributed by atoms with van der Waals surface area (Å²) in [5, 5.41) is 8.46. The Hall–Kier alpha value is -0.610. The van der Waals surface area contributed by atoms with E-state index in [1.807, 2.05) is 0 Å². The van der Waals surface area contributed by atoms with Gasteiger partial charge in [0.1, 0.15) is 0 Å². The van der Waals surface area contributed by atoms with Crippen LogP contribution in [0.3, 0.4) is 0 Å². The van der Waals surface area contributed by atoms with Crippen LogP contribution in [-0.4, -0.2) is 48.8 Å². The van der Waals surface area contributed by atoms with Crippen LogP contribution in [0.2, 0.25) is 0 Å². The highest BCUT2D eigenvalue weighted by atomic mass is 16.5. The third kappa shape index (κ3) is 4.58. The fourth-order valence-electron chi connectivity index (χ4n) is 1.73. The van der Waals surface area contributed by atoms with Crippen molar-refractivity contribution in [1.82, 2.24) is 4.90 Å². The van der Waals surface area contributed by atoms with E-state index in [1.165, 1.54) is 12.8 Å². The van der Waals surface area contributed by atoms with Crippen molar-refractivity contribution < 1.29 is 14.6 Å². The highest BCUT2D eigenvalue weighted by Gasteiger charge is 2.15. The third-order valence-electron chi connectivity index (χ3n) is 2.50. The molecule has 0 aliphatic carbocycles. The summed E-state index contributed by atoms with van der Waals surface area (Å²) in [4.78, 5) is 12.5. The Morgan fingerprint density at radius 1 is 1.57 bits per heavy atom. The zero-order chi connectivity index (χ0) is 10.4. The van der Waals surface area contributed by atoms with E-state index in [1.54, 1.807) is 0 Å². The molecule has 1 aliphatic rings. The van der Waals surface area contributed by atoms with Gasteiger partial charge >= 0.3 is 5.97 Å². The molecule has 14 heavy (non-hydrogen) atoms. The molecule has 0 aromatic heterocycles. The minimum Gasteiger partial charge on any atom is -0.481 e. The molecule has 1 N–H and O–H groups in total. The number of carbonyl (C=O) groups is 1. The number of hydrogen-bond donors (Lipinski definition) is 1. The van der Waals surface area contributed by atoms with Crippen molar-refractivity contribution in [3.8, 4) is 0 Å². The number of likely N-dealkylation sites (N-methyl/N-ethyl adjacent to an activating group) is 1. The quantitative estimate of drug-likeness (QED) is 0.736. The Morgan fingerprint density at radius 3 is 3.07 bits per heavy atom. The Kier molecular flexibility index (Phi) is 4.90. The second-order valence-electron chi connectivity index (χ2n) is 3.89. The normalized spacial score (nSPS) is 24.5. The molecule has 0 spiro atoms. The van der Waals surface area contributed by atoms with Crippen molar-refractivity contribution in [1.29, 1.82) is 0 Å². The summed E-state index contributed by atoms with van der Waals surface area (Å²) in [5.41, 5.74) is 0. The SMILES string of the molecule is CN1CCCCC(OCCC(=O)O)C1. The lowest BCUT2D eigenvalue weighted by Gasteiger charge is -2.19. The first kappa shape index (κ1) is 11.5. The van der Waals surface area contributed by atoms with Gasteiger partial charge in [-0.15, -0.1) is 0 Å². The number of ether oxygens (including phenoxy) is 1. The second-order valence-corrected chi connectivity index (χ2v) is 3.89. The van der Waals surface area contributed by atoms with Gasteiger partial charge in [0.25, 0.3) is 0 Å². The lowest BCUT2D eigenvalue weighted by molar-refractivity contribution is -0.138. The fraction of sp³-hybridized carbons (Fsp3) is 0.900. The van der Waals surface area contributed by atoms with Crippen molar-refractivity contribution in [2.45, 2.75) is 31.8 Å². The van der Waals surface area contributed by atoms with Crippen molar-refractivity contribution in [3.05, 3.63) is 0 Å². The summed E-state index contributed by atoms with van der Waals surface area (Å²) in [7, 11) is 2.08. The number of nitrogens with zero attached hydrogens (tertiary/aromatic N) is 1. The zero-order valence-electron chi connectivity index (χ0n) is 8.74. The van der Waals surface area contributed by atoms with E-state index in [4.69, 9.17) is 9.84 Å². The van der Waals surface area contributed by atoms with Gasteiger partial charge in [0, 0.05) is 6.54 Å². The smallest absolute Gasteiger partial charge is 0.305 e. The van der Waals surface area contributed by atoms with Crippen molar-refractivity contribution >= 4 is 5.97 Å². The molecule has 0 bridgehead atoms. The first-order valence-electron chi connectivity index (χ1n) is 5.20. The highest BCUT2D eigenvalue weighted by molar-refractivity contribution is 5.66. The first-order chi connectivity index (χ1) is 6.68. The third-order valence-corrected chi connectivity index (χ3v) is 2.50. The van der Waals surface area contributed by atoms with Crippen molar-refractivity contribution in [2.75, 3.05) is 26.7 Å². The zero-order valence-corrected chi connectivity index (χ0v) is 8.74. The van der Waals surface area contributed by atoms with Crippen LogP contribution < -0.4 is 0 Å². The number of rotatable bonds is 4. The van der Waals surface area contributed by atoms with Gasteiger partial charge in [-0.3, -0.25) is 4.79 Å². The molecule has 4 heteroatoms. The van der Waals surface area contributed by atoms with Gasteiger partial charge in [0.15, 0.2) is 0 Å². The number of likely N-dealkylation sites (tertiary alicyclic amines) is 1. The molecule has 1 fully saturated rings. The maximum atomic E-state index is 10.3. The van der Waals surface area contributed by atoms with Gasteiger partial charge in [0.05, 0.1) is 19.1 Å². The molecule has 1 rings (SSSR count). The minimum absolute atomic E-state index is 0.111. The molecule has 0 radical (unpaired) electrons. The maximum Gasteiger partial charge on any atom is 0.305 e. The Balaban J connectivity index is 2.18. The van der Waals surface area contributed by atoms with Crippen LogP contribution in [0.5, 0.6) is 0 Å². The summed E-state index contributed by atoms with van der Waals surface area (Å²) in [6.07, 6.45) is 3.79. The van der Waals surface area contributed by atoms with Gasteiger partial charge in [-0.25, -0.2) is 0 Å². The summed E-state index contributed by atoms with van der Waals surface area (Å²) < 4.78 is 5.52. The molecular formula is C10H19NO3. The molecule has 0 amide bonds. The Morgan fingerprint density at radius 2 is 2.36 bits per heavy atom. The van der Waals surface area contributed by atoms with Gasteiger partial charge in [-0.1, -0.05) is 0 Å². The van der Waals surface area contributed by atoms with Crippen LogP contribution in [0.4, 0.5) is 0 Å². The number of aliphatic carboxylic acids is 1. The van der Waals surface area contributed by atoms with E-state index < -0.39 is 5.97 Å². The molecule has 0 aromatic rings. The lowest BCUT2D eigenvalue weighted by atomic mass is 10.2.